The number of aryl methyl sites for hydroxylation is 1. The summed E-state index contributed by atoms with van der Waals surface area (Å²) in [5.41, 5.74) is 0.898. The summed E-state index contributed by atoms with van der Waals surface area (Å²) in [6.07, 6.45) is 0.489. The second-order valence-electron chi connectivity index (χ2n) is 6.25. The number of carbonyl (C=O) groups excluding carboxylic acids is 3. The van der Waals surface area contributed by atoms with E-state index in [-0.39, 0.29) is 16.5 Å². The first-order chi connectivity index (χ1) is 12.0. The second-order valence-corrected chi connectivity index (χ2v) is 7.78. The van der Waals surface area contributed by atoms with Gasteiger partial charge in [-0.1, -0.05) is 0 Å². The first-order valence-electron chi connectivity index (χ1n) is 7.95. The first kappa shape index (κ1) is 19.9. The van der Waals surface area contributed by atoms with Gasteiger partial charge >= 0.3 is 12.0 Å². The molecule has 0 spiro atoms. The van der Waals surface area contributed by atoms with E-state index in [1.807, 2.05) is 0 Å². The van der Waals surface area contributed by atoms with E-state index >= 15 is 0 Å². The smallest absolute Gasteiger partial charge is 0.338 e. The fraction of sp³-hybridized carbons (Fsp3) is 0.438. The number of rotatable bonds is 5. The molecule has 3 amide bonds. The Labute approximate surface area is 151 Å². The van der Waals surface area contributed by atoms with E-state index < -0.39 is 34.0 Å². The first-order valence-corrected chi connectivity index (χ1v) is 9.50. The van der Waals surface area contributed by atoms with Crippen LogP contribution in [0.25, 0.3) is 0 Å². The number of carbonyl (C=O) groups is 3. The van der Waals surface area contributed by atoms with E-state index in [0.29, 0.717) is 11.1 Å². The molecule has 0 heterocycles. The summed E-state index contributed by atoms with van der Waals surface area (Å²) in [5, 5.41) is 9.81. The molecule has 1 aromatic rings. The number of esters is 1. The molecule has 1 aliphatic carbocycles. The number of ether oxygens (including phenoxy) is 1. The van der Waals surface area contributed by atoms with Gasteiger partial charge in [0.05, 0.1) is 10.5 Å². The third-order valence-corrected chi connectivity index (χ3v) is 5.00. The molecule has 1 fully saturated rings. The van der Waals surface area contributed by atoms with Crippen LogP contribution in [-0.4, -0.2) is 38.5 Å². The molecule has 4 N–H and O–H groups in total. The van der Waals surface area contributed by atoms with Crippen LogP contribution >= 0.6 is 0 Å². The van der Waals surface area contributed by atoms with Gasteiger partial charge in [-0.05, 0) is 56.9 Å². The molecule has 0 unspecified atom stereocenters. The average Bonchev–Trinajstić information content (AvgIpc) is 3.31. The highest BCUT2D eigenvalue weighted by Crippen LogP contribution is 2.21. The number of primary sulfonamides is 1. The number of sulfonamides is 1. The van der Waals surface area contributed by atoms with Crippen LogP contribution < -0.4 is 15.8 Å². The van der Waals surface area contributed by atoms with Crippen LogP contribution in [0.1, 0.15) is 41.3 Å². The van der Waals surface area contributed by atoms with E-state index in [1.54, 1.807) is 13.8 Å². The molecule has 2 rings (SSSR count). The van der Waals surface area contributed by atoms with Gasteiger partial charge in [0.2, 0.25) is 10.0 Å². The summed E-state index contributed by atoms with van der Waals surface area (Å²) < 4.78 is 28.3. The predicted molar refractivity (Wildman–Crippen MR) is 91.9 cm³/mol. The second kappa shape index (κ2) is 7.42. The Bertz CT molecular complexity index is 861. The molecule has 0 bridgehead atoms. The third-order valence-electron chi connectivity index (χ3n) is 3.96. The van der Waals surface area contributed by atoms with Crippen LogP contribution in [0.5, 0.6) is 0 Å². The highest BCUT2D eigenvalue weighted by Gasteiger charge is 2.26. The van der Waals surface area contributed by atoms with Gasteiger partial charge in [-0.15, -0.1) is 0 Å². The van der Waals surface area contributed by atoms with Crippen molar-refractivity contribution in [3.05, 3.63) is 28.8 Å². The van der Waals surface area contributed by atoms with Gasteiger partial charge in [0, 0.05) is 6.04 Å². The Balaban J connectivity index is 2.07. The Kier molecular flexibility index (Phi) is 5.67. The summed E-state index contributed by atoms with van der Waals surface area (Å²) in [6.45, 7) is 4.50. The van der Waals surface area contributed by atoms with Crippen molar-refractivity contribution >= 4 is 27.9 Å². The maximum atomic E-state index is 12.2. The molecular weight excluding hydrogens is 362 g/mol. The van der Waals surface area contributed by atoms with Crippen LogP contribution in [0.4, 0.5) is 4.79 Å². The highest BCUT2D eigenvalue weighted by molar-refractivity contribution is 7.89. The SMILES string of the molecule is Cc1cc(C(=O)O[C@@H](C)C(=O)NC(=O)NC2CC2)cc(S(N)(=O)=O)c1C. The number of imide groups is 1. The molecule has 1 aromatic carbocycles. The molecular formula is C16H21N3O6S. The van der Waals surface area contributed by atoms with E-state index in [0.717, 1.165) is 18.9 Å². The van der Waals surface area contributed by atoms with Gasteiger partial charge < -0.3 is 10.1 Å². The fourth-order valence-corrected chi connectivity index (χ4v) is 3.06. The Morgan fingerprint density at radius 3 is 2.38 bits per heavy atom. The van der Waals surface area contributed by atoms with Crippen LogP contribution in [-0.2, 0) is 19.6 Å². The monoisotopic (exact) mass is 383 g/mol. The summed E-state index contributed by atoms with van der Waals surface area (Å²) in [7, 11) is -4.02. The molecule has 9 nitrogen and oxygen atoms in total. The topological polar surface area (TPSA) is 145 Å². The zero-order chi connectivity index (χ0) is 19.6. The number of benzene rings is 1. The zero-order valence-electron chi connectivity index (χ0n) is 14.7. The normalized spacial score (nSPS) is 15.1. The van der Waals surface area contributed by atoms with Gasteiger partial charge in [-0.25, -0.2) is 23.1 Å². The standard InChI is InChI=1S/C16H21N3O6S/c1-8-6-11(7-13(9(8)2)26(17,23)24)15(21)25-10(3)14(20)19-16(22)18-12-4-5-12/h6-7,10,12H,4-5H2,1-3H3,(H2,17,23,24)(H2,18,19,20,22)/t10-/m0/s1. The third kappa shape index (κ3) is 5.02. The number of nitrogens with one attached hydrogen (secondary N) is 2. The van der Waals surface area contributed by atoms with Crippen molar-refractivity contribution in [2.24, 2.45) is 5.14 Å². The lowest BCUT2D eigenvalue weighted by molar-refractivity contribution is -0.127. The van der Waals surface area contributed by atoms with Gasteiger partial charge in [0.1, 0.15) is 0 Å². The molecule has 0 radical (unpaired) electrons. The van der Waals surface area contributed by atoms with Gasteiger partial charge in [-0.2, -0.15) is 0 Å². The average molecular weight is 383 g/mol. The van der Waals surface area contributed by atoms with Crippen molar-refractivity contribution in [2.45, 2.75) is 50.7 Å². The number of urea groups is 1. The Hall–Kier alpha value is -2.46. The molecule has 142 valence electrons. The number of nitrogens with two attached hydrogens (primary N) is 1. The molecule has 0 aromatic heterocycles. The summed E-state index contributed by atoms with van der Waals surface area (Å²) in [4.78, 5) is 35.5. The lowest BCUT2D eigenvalue weighted by atomic mass is 10.1. The van der Waals surface area contributed by atoms with Gasteiger partial charge in [0.15, 0.2) is 6.10 Å². The summed E-state index contributed by atoms with van der Waals surface area (Å²) >= 11 is 0. The van der Waals surface area contributed by atoms with Crippen LogP contribution in [0.3, 0.4) is 0 Å². The lowest BCUT2D eigenvalue weighted by Crippen LogP contribution is -2.45. The van der Waals surface area contributed by atoms with Crippen molar-refractivity contribution in [2.75, 3.05) is 0 Å². The number of hydrogen-bond donors (Lipinski definition) is 3. The maximum Gasteiger partial charge on any atom is 0.338 e. The zero-order valence-corrected chi connectivity index (χ0v) is 15.5. The summed E-state index contributed by atoms with van der Waals surface area (Å²) in [5.74, 6) is -1.68. The summed E-state index contributed by atoms with van der Waals surface area (Å²) in [6, 6.07) is 1.97. The van der Waals surface area contributed by atoms with E-state index in [1.165, 1.54) is 13.0 Å². The van der Waals surface area contributed by atoms with E-state index in [9.17, 15) is 22.8 Å². The van der Waals surface area contributed by atoms with E-state index in [4.69, 9.17) is 9.88 Å². The number of amides is 3. The van der Waals surface area contributed by atoms with Gasteiger partial charge in [-0.3, -0.25) is 10.1 Å². The number of hydrogen-bond acceptors (Lipinski definition) is 6. The van der Waals surface area contributed by atoms with Crippen molar-refractivity contribution in [1.29, 1.82) is 0 Å². The fourth-order valence-electron chi connectivity index (χ4n) is 2.19. The minimum Gasteiger partial charge on any atom is -0.449 e. The minimum atomic E-state index is -4.02. The van der Waals surface area contributed by atoms with Crippen LogP contribution in [0.15, 0.2) is 17.0 Å². The van der Waals surface area contributed by atoms with Crippen molar-refractivity contribution in [3.8, 4) is 0 Å². The maximum absolute atomic E-state index is 12.2. The largest absolute Gasteiger partial charge is 0.449 e. The van der Waals surface area contributed by atoms with Crippen LogP contribution in [0.2, 0.25) is 0 Å². The van der Waals surface area contributed by atoms with E-state index in [2.05, 4.69) is 10.6 Å². The lowest BCUT2D eigenvalue weighted by Gasteiger charge is -2.15. The molecule has 1 saturated carbocycles. The predicted octanol–water partition coefficient (Wildman–Crippen LogP) is 0.484. The molecule has 1 atom stereocenters. The highest BCUT2D eigenvalue weighted by atomic mass is 32.2. The quantitative estimate of drug-likeness (QED) is 0.631. The van der Waals surface area contributed by atoms with Crippen molar-refractivity contribution in [3.63, 3.8) is 0 Å². The van der Waals surface area contributed by atoms with Crippen molar-refractivity contribution in [1.82, 2.24) is 10.6 Å². The Morgan fingerprint density at radius 1 is 1.23 bits per heavy atom. The van der Waals surface area contributed by atoms with Crippen LogP contribution in [0, 0.1) is 13.8 Å². The molecule has 26 heavy (non-hydrogen) atoms. The molecule has 0 aliphatic heterocycles. The molecule has 1 aliphatic rings. The van der Waals surface area contributed by atoms with Gasteiger partial charge in [0.25, 0.3) is 5.91 Å². The van der Waals surface area contributed by atoms with Crippen molar-refractivity contribution < 1.29 is 27.5 Å². The molecule has 0 saturated heterocycles. The Morgan fingerprint density at radius 2 is 1.85 bits per heavy atom. The minimum absolute atomic E-state index is 0.0563. The molecule has 10 heteroatoms.